The van der Waals surface area contributed by atoms with E-state index in [0.29, 0.717) is 10.9 Å². The molecule has 2 aromatic heterocycles. The lowest BCUT2D eigenvalue weighted by Gasteiger charge is -2.38. The second-order valence-electron chi connectivity index (χ2n) is 7.80. The highest BCUT2D eigenvalue weighted by Gasteiger charge is 2.47. The van der Waals surface area contributed by atoms with Gasteiger partial charge in [0.05, 0.1) is 24.0 Å². The summed E-state index contributed by atoms with van der Waals surface area (Å²) >= 11 is 5.97. The lowest BCUT2D eigenvalue weighted by molar-refractivity contribution is -0.253. The number of hydrogen-bond donors (Lipinski definition) is 0. The van der Waals surface area contributed by atoms with E-state index in [2.05, 4.69) is 9.97 Å². The number of morpholine rings is 1. The van der Waals surface area contributed by atoms with Crippen LogP contribution in [-0.2, 0) is 9.47 Å². The van der Waals surface area contributed by atoms with Crippen LogP contribution in [0.15, 0.2) is 24.4 Å². The number of halogens is 4. The van der Waals surface area contributed by atoms with Crippen molar-refractivity contribution in [3.05, 3.63) is 29.5 Å². The minimum Gasteiger partial charge on any atom is -0.474 e. The maximum absolute atomic E-state index is 13.3. The van der Waals surface area contributed by atoms with E-state index in [4.69, 9.17) is 25.8 Å². The van der Waals surface area contributed by atoms with E-state index in [1.807, 2.05) is 0 Å². The second-order valence-corrected chi connectivity index (χ2v) is 8.19. The van der Waals surface area contributed by atoms with Crippen LogP contribution in [-0.4, -0.2) is 64.6 Å². The van der Waals surface area contributed by atoms with Gasteiger partial charge >= 0.3 is 12.3 Å². The van der Waals surface area contributed by atoms with E-state index in [9.17, 15) is 18.0 Å². The van der Waals surface area contributed by atoms with Crippen molar-refractivity contribution in [2.24, 2.45) is 0 Å². The van der Waals surface area contributed by atoms with Crippen molar-refractivity contribution >= 4 is 28.6 Å². The predicted octanol–water partition coefficient (Wildman–Crippen LogP) is 4.23. The Bertz CT molecular complexity index is 920. The van der Waals surface area contributed by atoms with Gasteiger partial charge in [-0.3, -0.25) is 4.98 Å². The van der Waals surface area contributed by atoms with Crippen molar-refractivity contribution in [2.75, 3.05) is 19.7 Å². The second kappa shape index (κ2) is 8.43. The Morgan fingerprint density at radius 1 is 1.33 bits per heavy atom. The summed E-state index contributed by atoms with van der Waals surface area (Å²) in [4.78, 5) is 21.5. The fourth-order valence-corrected chi connectivity index (χ4v) is 3.06. The minimum atomic E-state index is -4.65. The summed E-state index contributed by atoms with van der Waals surface area (Å²) in [5, 5.41) is 0.679. The summed E-state index contributed by atoms with van der Waals surface area (Å²) in [5.74, 6) is 0.118. The first kappa shape index (κ1) is 22.4. The predicted molar refractivity (Wildman–Crippen MR) is 103 cm³/mol. The van der Waals surface area contributed by atoms with Crippen molar-refractivity contribution in [1.82, 2.24) is 14.9 Å². The van der Waals surface area contributed by atoms with E-state index < -0.39 is 36.6 Å². The van der Waals surface area contributed by atoms with Gasteiger partial charge in [-0.25, -0.2) is 9.78 Å². The van der Waals surface area contributed by atoms with E-state index in [-0.39, 0.29) is 24.2 Å². The number of amides is 1. The number of alkyl halides is 3. The average Bonchev–Trinajstić information content (AvgIpc) is 2.63. The molecule has 2 atom stereocenters. The van der Waals surface area contributed by atoms with Gasteiger partial charge in [0.2, 0.25) is 5.88 Å². The van der Waals surface area contributed by atoms with Gasteiger partial charge < -0.3 is 19.1 Å². The molecule has 0 saturated carbocycles. The van der Waals surface area contributed by atoms with Gasteiger partial charge in [0.1, 0.15) is 23.5 Å². The molecule has 1 aliphatic rings. The van der Waals surface area contributed by atoms with E-state index in [1.165, 1.54) is 0 Å². The molecular formula is C19H21ClF3N3O4. The number of rotatable bonds is 3. The van der Waals surface area contributed by atoms with Crippen LogP contribution >= 0.6 is 11.6 Å². The Kier molecular flexibility index (Phi) is 6.28. The number of nitrogens with zero attached hydrogens (tertiary/aromatic N) is 3. The van der Waals surface area contributed by atoms with Crippen molar-refractivity contribution < 1.29 is 32.2 Å². The minimum absolute atomic E-state index is 0.118. The molecule has 164 valence electrons. The molecule has 0 aromatic carbocycles. The third-order valence-electron chi connectivity index (χ3n) is 4.12. The number of carbonyl (C=O) groups is 1. The normalized spacial score (nSPS) is 20.3. The topological polar surface area (TPSA) is 73.8 Å². The molecule has 1 amide bonds. The molecule has 1 aliphatic heterocycles. The SMILES string of the molecule is CC(C)(C)OC(=O)N1C[C@@H](COc2nc(Cl)cc3ncccc23)O[C@H](C(F)(F)F)C1. The first-order valence-electron chi connectivity index (χ1n) is 9.16. The molecule has 7 nitrogen and oxygen atoms in total. The largest absolute Gasteiger partial charge is 0.474 e. The van der Waals surface area contributed by atoms with Crippen LogP contribution in [0.4, 0.5) is 18.0 Å². The number of aromatic nitrogens is 2. The molecule has 3 heterocycles. The first-order chi connectivity index (χ1) is 13.9. The molecule has 0 radical (unpaired) electrons. The molecule has 2 aromatic rings. The van der Waals surface area contributed by atoms with Gasteiger partial charge in [0.15, 0.2) is 6.10 Å². The Morgan fingerprint density at radius 3 is 2.73 bits per heavy atom. The quantitative estimate of drug-likeness (QED) is 0.656. The highest BCUT2D eigenvalue weighted by molar-refractivity contribution is 6.30. The molecule has 0 bridgehead atoms. The molecular weight excluding hydrogens is 427 g/mol. The van der Waals surface area contributed by atoms with Gasteiger partial charge in [0, 0.05) is 12.3 Å². The molecule has 0 unspecified atom stereocenters. The van der Waals surface area contributed by atoms with E-state index in [0.717, 1.165) is 4.90 Å². The number of fused-ring (bicyclic) bond motifs is 1. The zero-order chi connectivity index (χ0) is 22.1. The highest BCUT2D eigenvalue weighted by Crippen LogP contribution is 2.30. The molecule has 0 aliphatic carbocycles. The maximum atomic E-state index is 13.3. The molecule has 1 fully saturated rings. The zero-order valence-electron chi connectivity index (χ0n) is 16.6. The van der Waals surface area contributed by atoms with Gasteiger partial charge in [-0.1, -0.05) is 11.6 Å². The molecule has 3 rings (SSSR count). The van der Waals surface area contributed by atoms with Crippen LogP contribution in [0.1, 0.15) is 20.8 Å². The Balaban J connectivity index is 1.76. The summed E-state index contributed by atoms with van der Waals surface area (Å²) in [6.07, 6.45) is -7.13. The van der Waals surface area contributed by atoms with Crippen LogP contribution in [0.2, 0.25) is 5.15 Å². The monoisotopic (exact) mass is 447 g/mol. The Labute approximate surface area is 176 Å². The van der Waals surface area contributed by atoms with Gasteiger partial charge in [-0.05, 0) is 32.9 Å². The van der Waals surface area contributed by atoms with Gasteiger partial charge in [-0.2, -0.15) is 13.2 Å². The Morgan fingerprint density at radius 2 is 2.07 bits per heavy atom. The molecule has 30 heavy (non-hydrogen) atoms. The summed E-state index contributed by atoms with van der Waals surface area (Å²) in [5.41, 5.74) is -0.313. The van der Waals surface area contributed by atoms with Crippen LogP contribution in [0.5, 0.6) is 5.88 Å². The molecule has 0 N–H and O–H groups in total. The maximum Gasteiger partial charge on any atom is 0.416 e. The summed E-state index contributed by atoms with van der Waals surface area (Å²) in [6.45, 7) is 3.85. The number of ether oxygens (including phenoxy) is 3. The lowest BCUT2D eigenvalue weighted by Crippen LogP contribution is -2.56. The zero-order valence-corrected chi connectivity index (χ0v) is 17.3. The van der Waals surface area contributed by atoms with Crippen LogP contribution in [0, 0.1) is 0 Å². The van der Waals surface area contributed by atoms with Gasteiger partial charge in [0.25, 0.3) is 0 Å². The van der Waals surface area contributed by atoms with Crippen LogP contribution in [0.3, 0.4) is 0 Å². The van der Waals surface area contributed by atoms with Crippen molar-refractivity contribution in [2.45, 2.75) is 44.8 Å². The fraction of sp³-hybridized carbons (Fsp3) is 0.526. The van der Waals surface area contributed by atoms with E-state index >= 15 is 0 Å². The summed E-state index contributed by atoms with van der Waals surface area (Å²) < 4.78 is 56.0. The number of hydrogen-bond acceptors (Lipinski definition) is 6. The summed E-state index contributed by atoms with van der Waals surface area (Å²) in [7, 11) is 0. The smallest absolute Gasteiger partial charge is 0.416 e. The number of carbonyl (C=O) groups excluding carboxylic acids is 1. The molecule has 1 saturated heterocycles. The van der Waals surface area contributed by atoms with Gasteiger partial charge in [-0.15, -0.1) is 0 Å². The highest BCUT2D eigenvalue weighted by atomic mass is 35.5. The molecule has 11 heteroatoms. The number of pyridine rings is 2. The van der Waals surface area contributed by atoms with Crippen LogP contribution < -0.4 is 4.74 Å². The fourth-order valence-electron chi connectivity index (χ4n) is 2.88. The summed E-state index contributed by atoms with van der Waals surface area (Å²) in [6, 6.07) is 4.92. The Hall–Kier alpha value is -2.33. The standard InChI is InChI=1S/C19H21ClF3N3O4/c1-18(2,3)30-17(27)26-8-11(29-14(9-26)19(21,22)23)10-28-16-12-5-4-6-24-13(12)7-15(20)25-16/h4-7,11,14H,8-10H2,1-3H3/t11-,14-/m0/s1. The average molecular weight is 448 g/mol. The third-order valence-corrected chi connectivity index (χ3v) is 4.32. The van der Waals surface area contributed by atoms with Crippen molar-refractivity contribution in [3.63, 3.8) is 0 Å². The van der Waals surface area contributed by atoms with Crippen molar-refractivity contribution in [3.8, 4) is 5.88 Å². The third kappa shape index (κ3) is 5.63. The van der Waals surface area contributed by atoms with E-state index in [1.54, 1.807) is 45.2 Å². The molecule has 0 spiro atoms. The first-order valence-corrected chi connectivity index (χ1v) is 9.54. The van der Waals surface area contributed by atoms with Crippen molar-refractivity contribution in [1.29, 1.82) is 0 Å². The van der Waals surface area contributed by atoms with Crippen LogP contribution in [0.25, 0.3) is 10.9 Å². The lowest BCUT2D eigenvalue weighted by atomic mass is 10.2.